The van der Waals surface area contributed by atoms with Crippen LogP contribution in [0.4, 0.5) is 33.7 Å². The second-order valence-electron chi connectivity index (χ2n) is 5.34. The summed E-state index contributed by atoms with van der Waals surface area (Å²) in [6.07, 6.45) is -3.90. The van der Waals surface area contributed by atoms with Gasteiger partial charge in [0.15, 0.2) is 0 Å². The Kier molecular flexibility index (Phi) is 5.97. The molecule has 25 heavy (non-hydrogen) atoms. The summed E-state index contributed by atoms with van der Waals surface area (Å²) in [6.45, 7) is 0.883. The molecule has 0 aromatic heterocycles. The van der Waals surface area contributed by atoms with E-state index in [2.05, 4.69) is 11.1 Å². The number of benzene rings is 2. The SMILES string of the molecule is [NH3+]CCCN(C(=O)Nc1cccc(C(F)(F)F)c1)c1ccc(F)cc1. The quantitative estimate of drug-likeness (QED) is 0.792. The van der Waals surface area contributed by atoms with Crippen LogP contribution in [0, 0.1) is 5.82 Å². The molecule has 8 heteroatoms. The lowest BCUT2D eigenvalue weighted by atomic mass is 10.2. The van der Waals surface area contributed by atoms with Gasteiger partial charge in [0, 0.05) is 24.3 Å². The predicted molar refractivity (Wildman–Crippen MR) is 86.6 cm³/mol. The molecule has 0 saturated heterocycles. The standard InChI is InChI=1S/C17H17F4N3O/c18-13-5-7-15(8-6-13)24(10-2-9-22)16(25)23-14-4-1-3-12(11-14)17(19,20)21/h1,3-8,11H,2,9-10,22H2,(H,23,25)/p+1. The van der Waals surface area contributed by atoms with Gasteiger partial charge in [0.25, 0.3) is 0 Å². The molecule has 0 spiro atoms. The third kappa shape index (κ3) is 5.18. The molecule has 0 bridgehead atoms. The summed E-state index contributed by atoms with van der Waals surface area (Å²) < 4.78 is 51.4. The monoisotopic (exact) mass is 356 g/mol. The fourth-order valence-electron chi connectivity index (χ4n) is 2.20. The molecule has 2 amide bonds. The molecule has 0 aliphatic carbocycles. The summed E-state index contributed by atoms with van der Waals surface area (Å²) in [5, 5.41) is 2.45. The van der Waals surface area contributed by atoms with Crippen molar-refractivity contribution in [2.45, 2.75) is 12.6 Å². The van der Waals surface area contributed by atoms with Crippen LogP contribution in [0.15, 0.2) is 48.5 Å². The van der Waals surface area contributed by atoms with Gasteiger partial charge < -0.3 is 11.1 Å². The van der Waals surface area contributed by atoms with Crippen LogP contribution in [0.1, 0.15) is 12.0 Å². The number of nitrogens with zero attached hydrogens (tertiary/aromatic N) is 1. The van der Waals surface area contributed by atoms with Crippen LogP contribution < -0.4 is 16.0 Å². The van der Waals surface area contributed by atoms with Crippen LogP contribution in [-0.2, 0) is 6.18 Å². The smallest absolute Gasteiger partial charge is 0.358 e. The Morgan fingerprint density at radius 1 is 1.12 bits per heavy atom. The van der Waals surface area contributed by atoms with Crippen LogP contribution >= 0.6 is 0 Å². The van der Waals surface area contributed by atoms with E-state index in [0.29, 0.717) is 25.2 Å². The molecule has 4 nitrogen and oxygen atoms in total. The molecule has 0 aliphatic heterocycles. The minimum absolute atomic E-state index is 0.0292. The van der Waals surface area contributed by atoms with Crippen molar-refractivity contribution in [2.75, 3.05) is 23.3 Å². The number of carbonyl (C=O) groups is 1. The predicted octanol–water partition coefficient (Wildman–Crippen LogP) is 3.52. The van der Waals surface area contributed by atoms with E-state index in [4.69, 9.17) is 0 Å². The lowest BCUT2D eigenvalue weighted by Gasteiger charge is -2.23. The normalized spacial score (nSPS) is 11.2. The average Bonchev–Trinajstić information content (AvgIpc) is 2.56. The number of urea groups is 1. The van der Waals surface area contributed by atoms with Crippen molar-refractivity contribution in [3.8, 4) is 0 Å². The molecule has 134 valence electrons. The van der Waals surface area contributed by atoms with Gasteiger partial charge in [-0.05, 0) is 42.5 Å². The largest absolute Gasteiger partial charge is 0.416 e. The number of nitrogens with one attached hydrogen (secondary N) is 1. The van der Waals surface area contributed by atoms with Gasteiger partial charge in [0.2, 0.25) is 0 Å². The highest BCUT2D eigenvalue weighted by Gasteiger charge is 2.30. The summed E-state index contributed by atoms with van der Waals surface area (Å²) >= 11 is 0. The van der Waals surface area contributed by atoms with Gasteiger partial charge in [-0.25, -0.2) is 9.18 Å². The summed E-state index contributed by atoms with van der Waals surface area (Å²) in [4.78, 5) is 13.8. The van der Waals surface area contributed by atoms with Gasteiger partial charge in [-0.1, -0.05) is 6.07 Å². The first-order valence-electron chi connectivity index (χ1n) is 7.62. The number of alkyl halides is 3. The number of anilines is 2. The lowest BCUT2D eigenvalue weighted by molar-refractivity contribution is -0.367. The van der Waals surface area contributed by atoms with Crippen LogP contribution in [0.5, 0.6) is 0 Å². The highest BCUT2D eigenvalue weighted by atomic mass is 19.4. The van der Waals surface area contributed by atoms with E-state index in [1.165, 1.54) is 41.3 Å². The third-order valence-electron chi connectivity index (χ3n) is 3.46. The third-order valence-corrected chi connectivity index (χ3v) is 3.46. The molecule has 0 unspecified atom stereocenters. The van der Waals surface area contributed by atoms with Crippen LogP contribution in [0.2, 0.25) is 0 Å². The molecule has 2 aromatic rings. The van der Waals surface area contributed by atoms with E-state index in [1.54, 1.807) is 0 Å². The number of hydrogen-bond acceptors (Lipinski definition) is 1. The Labute approximate surface area is 142 Å². The van der Waals surface area contributed by atoms with Crippen molar-refractivity contribution < 1.29 is 28.1 Å². The fraction of sp³-hybridized carbons (Fsp3) is 0.235. The van der Waals surface area contributed by atoms with Crippen LogP contribution in [0.3, 0.4) is 0 Å². The molecule has 0 heterocycles. The molecule has 0 aliphatic rings. The van der Waals surface area contributed by atoms with Crippen molar-refractivity contribution in [3.63, 3.8) is 0 Å². The maximum Gasteiger partial charge on any atom is 0.416 e. The number of amides is 2. The van der Waals surface area contributed by atoms with E-state index in [0.717, 1.165) is 12.1 Å². The second kappa shape index (κ2) is 7.98. The van der Waals surface area contributed by atoms with E-state index >= 15 is 0 Å². The summed E-state index contributed by atoms with van der Waals surface area (Å²) in [5.41, 5.74) is 3.33. The molecule has 2 rings (SSSR count). The van der Waals surface area contributed by atoms with Gasteiger partial charge >= 0.3 is 12.2 Å². The van der Waals surface area contributed by atoms with E-state index < -0.39 is 23.6 Å². The molecule has 2 aromatic carbocycles. The maximum absolute atomic E-state index is 13.1. The van der Waals surface area contributed by atoms with Crippen LogP contribution in [0.25, 0.3) is 0 Å². The Balaban J connectivity index is 2.21. The Morgan fingerprint density at radius 3 is 2.40 bits per heavy atom. The zero-order chi connectivity index (χ0) is 18.4. The molecular formula is C17H18F4N3O+. The minimum atomic E-state index is -4.49. The van der Waals surface area contributed by atoms with Gasteiger partial charge in [-0.2, -0.15) is 13.2 Å². The van der Waals surface area contributed by atoms with Crippen LogP contribution in [-0.4, -0.2) is 19.1 Å². The van der Waals surface area contributed by atoms with Crippen molar-refractivity contribution in [1.82, 2.24) is 0 Å². The summed E-state index contributed by atoms with van der Waals surface area (Å²) in [5.74, 6) is -0.445. The molecule has 0 atom stereocenters. The molecule has 0 fully saturated rings. The van der Waals surface area contributed by atoms with Gasteiger partial charge in [-0.15, -0.1) is 0 Å². The topological polar surface area (TPSA) is 60.0 Å². The Hall–Kier alpha value is -2.61. The fourth-order valence-corrected chi connectivity index (χ4v) is 2.20. The molecular weight excluding hydrogens is 338 g/mol. The van der Waals surface area contributed by atoms with Crippen molar-refractivity contribution in [3.05, 3.63) is 59.9 Å². The number of hydrogen-bond donors (Lipinski definition) is 2. The maximum atomic E-state index is 13.1. The highest BCUT2D eigenvalue weighted by molar-refractivity contribution is 6.01. The molecule has 0 radical (unpaired) electrons. The van der Waals surface area contributed by atoms with Crippen molar-refractivity contribution in [2.24, 2.45) is 0 Å². The average molecular weight is 356 g/mol. The number of carbonyl (C=O) groups excluding carboxylic acids is 1. The van der Waals surface area contributed by atoms with Gasteiger partial charge in [0.05, 0.1) is 12.1 Å². The number of rotatable bonds is 5. The van der Waals surface area contributed by atoms with Gasteiger partial charge in [-0.3, -0.25) is 4.90 Å². The summed E-state index contributed by atoms with van der Waals surface area (Å²) in [6, 6.07) is 9.08. The first-order valence-corrected chi connectivity index (χ1v) is 7.62. The van der Waals surface area contributed by atoms with E-state index in [1.807, 2.05) is 0 Å². The lowest BCUT2D eigenvalue weighted by Crippen LogP contribution is -2.51. The van der Waals surface area contributed by atoms with Gasteiger partial charge in [0.1, 0.15) is 5.82 Å². The second-order valence-corrected chi connectivity index (χ2v) is 5.34. The molecule has 4 N–H and O–H groups in total. The Morgan fingerprint density at radius 2 is 1.80 bits per heavy atom. The Bertz CT molecular complexity index is 717. The van der Waals surface area contributed by atoms with E-state index in [9.17, 15) is 22.4 Å². The highest BCUT2D eigenvalue weighted by Crippen LogP contribution is 2.30. The zero-order valence-electron chi connectivity index (χ0n) is 13.3. The van der Waals surface area contributed by atoms with Crippen molar-refractivity contribution in [1.29, 1.82) is 0 Å². The van der Waals surface area contributed by atoms with E-state index in [-0.39, 0.29) is 5.69 Å². The summed E-state index contributed by atoms with van der Waals surface area (Å²) in [7, 11) is 0. The molecule has 0 saturated carbocycles. The zero-order valence-corrected chi connectivity index (χ0v) is 13.3. The number of halogens is 4. The first kappa shape index (κ1) is 18.7. The minimum Gasteiger partial charge on any atom is -0.358 e. The van der Waals surface area contributed by atoms with Crippen molar-refractivity contribution >= 4 is 17.4 Å². The number of quaternary nitrogens is 1. The first-order chi connectivity index (χ1) is 11.8.